The topological polar surface area (TPSA) is 46.2 Å². The molecule has 0 heterocycles. The molecule has 2 rings (SSSR count). The van der Waals surface area contributed by atoms with Crippen molar-refractivity contribution in [2.45, 2.75) is 12.3 Å². The van der Waals surface area contributed by atoms with Crippen molar-refractivity contribution in [1.82, 2.24) is 0 Å². The van der Waals surface area contributed by atoms with E-state index in [-0.39, 0.29) is 0 Å². The van der Waals surface area contributed by atoms with Gasteiger partial charge in [-0.15, -0.1) is 0 Å². The van der Waals surface area contributed by atoms with Crippen LogP contribution in [-0.4, -0.2) is 11.7 Å². The molecule has 2 aromatic carbocycles. The van der Waals surface area contributed by atoms with Crippen LogP contribution in [0.2, 0.25) is 0 Å². The van der Waals surface area contributed by atoms with Crippen LogP contribution in [0.4, 0.5) is 0 Å². The maximum Gasteiger partial charge on any atom is 0.115 e. The van der Waals surface area contributed by atoms with Gasteiger partial charge in [0.2, 0.25) is 0 Å². The van der Waals surface area contributed by atoms with E-state index < -0.39 is 0 Å². The van der Waals surface area contributed by atoms with E-state index in [1.165, 1.54) is 11.1 Å². The van der Waals surface area contributed by atoms with Gasteiger partial charge in [0.1, 0.15) is 5.75 Å². The van der Waals surface area contributed by atoms with Crippen LogP contribution in [0.1, 0.15) is 17.0 Å². The number of aromatic hydroxyl groups is 1. The molecule has 0 spiro atoms. The van der Waals surface area contributed by atoms with Crippen LogP contribution in [0.25, 0.3) is 0 Å². The second-order valence-corrected chi connectivity index (χ2v) is 5.27. The summed E-state index contributed by atoms with van der Waals surface area (Å²) in [5.74, 6) is 0.606. The van der Waals surface area contributed by atoms with Crippen LogP contribution >= 0.6 is 15.9 Å². The molecule has 0 aliphatic heterocycles. The molecule has 0 aliphatic carbocycles. The first kappa shape index (κ1) is 13.1. The number of phenolic OH excluding ortho intramolecular Hbond substituents is 1. The highest BCUT2D eigenvalue weighted by Crippen LogP contribution is 2.22. The van der Waals surface area contributed by atoms with Crippen molar-refractivity contribution >= 4 is 15.9 Å². The SMILES string of the molecule is NCC(Cc1ccc(O)cc1)c1ccc(Br)cc1. The fraction of sp³-hybridized carbons (Fsp3) is 0.200. The van der Waals surface area contributed by atoms with Gasteiger partial charge in [-0.2, -0.15) is 0 Å². The van der Waals surface area contributed by atoms with E-state index in [1.807, 2.05) is 24.3 Å². The van der Waals surface area contributed by atoms with Gasteiger partial charge in [0.05, 0.1) is 0 Å². The molecule has 0 saturated heterocycles. The molecule has 3 heteroatoms. The lowest BCUT2D eigenvalue weighted by atomic mass is 9.92. The van der Waals surface area contributed by atoms with Crippen molar-refractivity contribution in [1.29, 1.82) is 0 Å². The van der Waals surface area contributed by atoms with E-state index >= 15 is 0 Å². The molecule has 2 nitrogen and oxygen atoms in total. The highest BCUT2D eigenvalue weighted by Gasteiger charge is 2.10. The van der Waals surface area contributed by atoms with Gasteiger partial charge in [0.25, 0.3) is 0 Å². The maximum absolute atomic E-state index is 9.27. The first-order valence-corrected chi connectivity index (χ1v) is 6.72. The van der Waals surface area contributed by atoms with Crippen molar-refractivity contribution in [3.05, 3.63) is 64.1 Å². The highest BCUT2D eigenvalue weighted by atomic mass is 79.9. The Hall–Kier alpha value is -1.32. The van der Waals surface area contributed by atoms with Crippen LogP contribution in [0.3, 0.4) is 0 Å². The van der Waals surface area contributed by atoms with Crippen LogP contribution < -0.4 is 5.73 Å². The maximum atomic E-state index is 9.27. The van der Waals surface area contributed by atoms with E-state index in [1.54, 1.807) is 12.1 Å². The molecule has 0 aromatic heterocycles. The number of hydrogen-bond acceptors (Lipinski definition) is 2. The summed E-state index contributed by atoms with van der Waals surface area (Å²) in [4.78, 5) is 0. The normalized spacial score (nSPS) is 12.3. The zero-order valence-corrected chi connectivity index (χ0v) is 11.6. The Morgan fingerprint density at radius 1 is 1.00 bits per heavy atom. The van der Waals surface area contributed by atoms with E-state index in [0.29, 0.717) is 18.2 Å². The predicted molar refractivity (Wildman–Crippen MR) is 77.7 cm³/mol. The fourth-order valence-electron chi connectivity index (χ4n) is 1.99. The molecule has 0 bridgehead atoms. The Morgan fingerprint density at radius 2 is 1.61 bits per heavy atom. The lowest BCUT2D eigenvalue weighted by Crippen LogP contribution is -2.14. The first-order valence-electron chi connectivity index (χ1n) is 5.92. The van der Waals surface area contributed by atoms with Crippen LogP contribution in [0.15, 0.2) is 53.0 Å². The first-order chi connectivity index (χ1) is 8.69. The number of phenols is 1. The lowest BCUT2D eigenvalue weighted by Gasteiger charge is -2.15. The number of rotatable bonds is 4. The molecule has 0 aliphatic rings. The van der Waals surface area contributed by atoms with Crippen LogP contribution in [0.5, 0.6) is 5.75 Å². The van der Waals surface area contributed by atoms with E-state index in [9.17, 15) is 5.11 Å². The quantitative estimate of drug-likeness (QED) is 0.909. The average Bonchev–Trinajstić information content (AvgIpc) is 2.39. The molecule has 0 saturated carbocycles. The van der Waals surface area contributed by atoms with Gasteiger partial charge in [-0.05, 0) is 48.4 Å². The fourth-order valence-corrected chi connectivity index (χ4v) is 2.25. The van der Waals surface area contributed by atoms with Crippen LogP contribution in [-0.2, 0) is 6.42 Å². The van der Waals surface area contributed by atoms with E-state index in [2.05, 4.69) is 28.1 Å². The largest absolute Gasteiger partial charge is 0.508 e. The molecule has 0 radical (unpaired) electrons. The summed E-state index contributed by atoms with van der Waals surface area (Å²) in [6.45, 7) is 0.614. The number of nitrogens with two attached hydrogens (primary N) is 1. The molecule has 0 amide bonds. The zero-order chi connectivity index (χ0) is 13.0. The third-order valence-electron chi connectivity index (χ3n) is 3.04. The minimum atomic E-state index is 0.298. The standard InChI is InChI=1S/C15H16BrNO/c16-14-5-3-12(4-6-14)13(10-17)9-11-1-7-15(18)8-2-11/h1-8,13,18H,9-10,17H2. The van der Waals surface area contributed by atoms with Gasteiger partial charge in [-0.25, -0.2) is 0 Å². The van der Waals surface area contributed by atoms with E-state index in [4.69, 9.17) is 5.73 Å². The monoisotopic (exact) mass is 305 g/mol. The molecule has 2 aromatic rings. The Labute approximate surface area is 116 Å². The predicted octanol–water partition coefficient (Wildman–Crippen LogP) is 3.44. The van der Waals surface area contributed by atoms with Gasteiger partial charge in [-0.1, -0.05) is 40.2 Å². The Morgan fingerprint density at radius 3 is 2.17 bits per heavy atom. The molecule has 18 heavy (non-hydrogen) atoms. The number of hydrogen-bond donors (Lipinski definition) is 2. The van der Waals surface area contributed by atoms with Gasteiger partial charge in [0.15, 0.2) is 0 Å². The van der Waals surface area contributed by atoms with Gasteiger partial charge in [-0.3, -0.25) is 0 Å². The van der Waals surface area contributed by atoms with Crippen molar-refractivity contribution < 1.29 is 5.11 Å². The number of benzene rings is 2. The second kappa shape index (κ2) is 6.03. The third-order valence-corrected chi connectivity index (χ3v) is 3.57. The Bertz CT molecular complexity index is 493. The minimum Gasteiger partial charge on any atom is -0.508 e. The summed E-state index contributed by atoms with van der Waals surface area (Å²) in [5.41, 5.74) is 8.29. The molecule has 94 valence electrons. The summed E-state index contributed by atoms with van der Waals surface area (Å²) in [5, 5.41) is 9.27. The number of halogens is 1. The zero-order valence-electron chi connectivity index (χ0n) is 10.0. The molecule has 0 fully saturated rings. The summed E-state index contributed by atoms with van der Waals surface area (Å²) in [7, 11) is 0. The van der Waals surface area contributed by atoms with Crippen LogP contribution in [0, 0.1) is 0 Å². The highest BCUT2D eigenvalue weighted by molar-refractivity contribution is 9.10. The van der Waals surface area contributed by atoms with E-state index in [0.717, 1.165) is 10.9 Å². The smallest absolute Gasteiger partial charge is 0.115 e. The molecule has 1 unspecified atom stereocenters. The van der Waals surface area contributed by atoms with Crippen molar-refractivity contribution in [3.63, 3.8) is 0 Å². The van der Waals surface area contributed by atoms with Gasteiger partial charge in [0, 0.05) is 10.4 Å². The summed E-state index contributed by atoms with van der Waals surface area (Å²) >= 11 is 3.43. The van der Waals surface area contributed by atoms with Crippen molar-refractivity contribution in [2.24, 2.45) is 5.73 Å². The van der Waals surface area contributed by atoms with Gasteiger partial charge >= 0.3 is 0 Å². The summed E-state index contributed by atoms with van der Waals surface area (Å²) in [6.07, 6.45) is 0.887. The molecular formula is C15H16BrNO. The second-order valence-electron chi connectivity index (χ2n) is 4.35. The van der Waals surface area contributed by atoms with Crippen molar-refractivity contribution in [2.75, 3.05) is 6.54 Å². The van der Waals surface area contributed by atoms with Gasteiger partial charge < -0.3 is 10.8 Å². The Balaban J connectivity index is 2.14. The lowest BCUT2D eigenvalue weighted by molar-refractivity contribution is 0.475. The molecular weight excluding hydrogens is 290 g/mol. The summed E-state index contributed by atoms with van der Waals surface area (Å²) in [6, 6.07) is 15.6. The van der Waals surface area contributed by atoms with Crippen molar-refractivity contribution in [3.8, 4) is 5.75 Å². The molecule has 1 atom stereocenters. The summed E-state index contributed by atoms with van der Waals surface area (Å²) < 4.78 is 1.08. The molecule has 3 N–H and O–H groups in total. The third kappa shape index (κ3) is 3.34. The minimum absolute atomic E-state index is 0.298. The average molecular weight is 306 g/mol. The Kier molecular flexibility index (Phi) is 4.39.